The topological polar surface area (TPSA) is 73.0 Å². The van der Waals surface area contributed by atoms with Crippen LogP contribution in [0.5, 0.6) is 0 Å². The number of carbonyl (C=O) groups excluding carboxylic acids is 1. The predicted octanol–water partition coefficient (Wildman–Crippen LogP) is 1.55. The highest BCUT2D eigenvalue weighted by Crippen LogP contribution is 2.29. The number of unbranched alkanes of at least 4 members (excludes halogenated alkanes) is 1. The quantitative estimate of drug-likeness (QED) is 0.644. The van der Waals surface area contributed by atoms with Gasteiger partial charge in [-0.15, -0.1) is 0 Å². The van der Waals surface area contributed by atoms with Crippen LogP contribution in [-0.4, -0.2) is 82.7 Å². The highest BCUT2D eigenvalue weighted by Gasteiger charge is 2.24. The lowest BCUT2D eigenvalue weighted by atomic mass is 10.0. The van der Waals surface area contributed by atoms with Gasteiger partial charge < -0.3 is 15.1 Å². The van der Waals surface area contributed by atoms with Gasteiger partial charge in [-0.05, 0) is 62.5 Å². The van der Waals surface area contributed by atoms with E-state index in [1.165, 1.54) is 10.6 Å². The molecule has 0 saturated carbocycles. The van der Waals surface area contributed by atoms with Crippen LogP contribution < -0.4 is 9.62 Å². The Balaban J connectivity index is 1.43. The van der Waals surface area contributed by atoms with Gasteiger partial charge in [0.25, 0.3) is 5.91 Å². The molecule has 0 aromatic heterocycles. The van der Waals surface area contributed by atoms with Crippen LogP contribution in [0, 0.1) is 0 Å². The second-order valence-corrected chi connectivity index (χ2v) is 9.93. The van der Waals surface area contributed by atoms with Crippen molar-refractivity contribution in [2.24, 2.45) is 0 Å². The summed E-state index contributed by atoms with van der Waals surface area (Å²) in [4.78, 5) is 17.5. The predicted molar refractivity (Wildman–Crippen MR) is 117 cm³/mol. The van der Waals surface area contributed by atoms with E-state index in [1.54, 1.807) is 12.1 Å². The summed E-state index contributed by atoms with van der Waals surface area (Å²) in [6, 6.07) is 5.33. The van der Waals surface area contributed by atoms with Crippen LogP contribution in [0.2, 0.25) is 0 Å². The largest absolute Gasteiger partial charge is 0.352 e. The first kappa shape index (κ1) is 22.1. The van der Waals surface area contributed by atoms with Crippen LogP contribution in [-0.2, 0) is 16.4 Å². The first-order valence-corrected chi connectivity index (χ1v) is 12.6. The van der Waals surface area contributed by atoms with Crippen molar-refractivity contribution in [2.45, 2.75) is 32.6 Å². The number of likely N-dealkylation sites (N-methyl/N-ethyl adjacent to an activating group) is 1. The van der Waals surface area contributed by atoms with Crippen LogP contribution in [0.4, 0.5) is 5.69 Å². The summed E-state index contributed by atoms with van der Waals surface area (Å²) in [5.74, 6) is -0.0826. The Morgan fingerprint density at radius 3 is 2.48 bits per heavy atom. The molecule has 3 rings (SSSR count). The summed E-state index contributed by atoms with van der Waals surface area (Å²) in [5.41, 5.74) is 2.24. The third kappa shape index (κ3) is 5.93. The fraction of sp³-hybridized carbons (Fsp3) is 0.667. The molecule has 8 heteroatoms. The summed E-state index contributed by atoms with van der Waals surface area (Å²) in [5, 5.41) is 3.00. The number of piperazine rings is 1. The van der Waals surface area contributed by atoms with Gasteiger partial charge in [-0.2, -0.15) is 0 Å². The molecule has 0 bridgehead atoms. The minimum absolute atomic E-state index is 0.0826. The van der Waals surface area contributed by atoms with Gasteiger partial charge in [0.05, 0.1) is 11.9 Å². The Labute approximate surface area is 175 Å². The number of fused-ring (bicyclic) bond motifs is 1. The molecule has 1 N–H and O–H groups in total. The SMILES string of the molecule is CCN1CCN(CCCCNC(=O)c2ccc3c(c2)CCCN3S(C)(=O)=O)CC1. The maximum atomic E-state index is 12.5. The minimum atomic E-state index is -3.28. The van der Waals surface area contributed by atoms with E-state index < -0.39 is 10.0 Å². The van der Waals surface area contributed by atoms with Crippen molar-refractivity contribution in [1.82, 2.24) is 15.1 Å². The molecule has 29 heavy (non-hydrogen) atoms. The molecule has 0 atom stereocenters. The molecule has 0 radical (unpaired) electrons. The first-order valence-electron chi connectivity index (χ1n) is 10.7. The van der Waals surface area contributed by atoms with Gasteiger partial charge in [0.1, 0.15) is 0 Å². The number of aryl methyl sites for hydroxylation is 1. The molecule has 2 aliphatic rings. The number of nitrogens with zero attached hydrogens (tertiary/aromatic N) is 3. The average Bonchev–Trinajstić information content (AvgIpc) is 2.72. The van der Waals surface area contributed by atoms with E-state index in [9.17, 15) is 13.2 Å². The Bertz CT molecular complexity index is 804. The zero-order valence-electron chi connectivity index (χ0n) is 17.7. The van der Waals surface area contributed by atoms with Crippen molar-refractivity contribution >= 4 is 21.6 Å². The van der Waals surface area contributed by atoms with Crippen LogP contribution >= 0.6 is 0 Å². The maximum absolute atomic E-state index is 12.5. The van der Waals surface area contributed by atoms with Crippen LogP contribution in [0.15, 0.2) is 18.2 Å². The Morgan fingerprint density at radius 2 is 1.79 bits per heavy atom. The lowest BCUT2D eigenvalue weighted by Crippen LogP contribution is -2.46. The summed E-state index contributed by atoms with van der Waals surface area (Å²) in [6.45, 7) is 10.2. The van der Waals surface area contributed by atoms with Gasteiger partial charge in [0.2, 0.25) is 10.0 Å². The molecule has 7 nitrogen and oxygen atoms in total. The first-order chi connectivity index (χ1) is 13.9. The molecule has 2 aliphatic heterocycles. The third-order valence-corrected chi connectivity index (χ3v) is 7.10. The van der Waals surface area contributed by atoms with E-state index in [0.29, 0.717) is 24.3 Å². The summed E-state index contributed by atoms with van der Waals surface area (Å²) in [6.07, 6.45) is 4.85. The Morgan fingerprint density at radius 1 is 1.07 bits per heavy atom. The van der Waals surface area contributed by atoms with Crippen molar-refractivity contribution in [1.29, 1.82) is 0 Å². The second-order valence-electron chi connectivity index (χ2n) is 8.02. The van der Waals surface area contributed by atoms with Gasteiger partial charge in [0.15, 0.2) is 0 Å². The van der Waals surface area contributed by atoms with E-state index >= 15 is 0 Å². The second kappa shape index (κ2) is 9.91. The highest BCUT2D eigenvalue weighted by molar-refractivity contribution is 7.92. The van der Waals surface area contributed by atoms with Gasteiger partial charge >= 0.3 is 0 Å². The lowest BCUT2D eigenvalue weighted by Gasteiger charge is -2.33. The molecule has 1 fully saturated rings. The van der Waals surface area contributed by atoms with Crippen molar-refractivity contribution in [3.05, 3.63) is 29.3 Å². The number of carbonyl (C=O) groups is 1. The number of hydrogen-bond donors (Lipinski definition) is 1. The van der Waals surface area contributed by atoms with E-state index in [2.05, 4.69) is 22.0 Å². The minimum Gasteiger partial charge on any atom is -0.352 e. The zero-order chi connectivity index (χ0) is 20.9. The van der Waals surface area contributed by atoms with Crippen molar-refractivity contribution in [3.8, 4) is 0 Å². The number of benzene rings is 1. The zero-order valence-corrected chi connectivity index (χ0v) is 18.5. The van der Waals surface area contributed by atoms with E-state index in [-0.39, 0.29) is 5.91 Å². The fourth-order valence-corrected chi connectivity index (χ4v) is 5.14. The molecule has 1 amide bonds. The molecule has 1 aromatic carbocycles. The Kier molecular flexibility index (Phi) is 7.54. The molecule has 0 spiro atoms. The normalized spacial score (nSPS) is 18.5. The number of hydrogen-bond acceptors (Lipinski definition) is 5. The molecule has 1 aromatic rings. The molecular weight excluding hydrogens is 388 g/mol. The molecule has 162 valence electrons. The van der Waals surface area contributed by atoms with Crippen molar-refractivity contribution in [2.75, 3.05) is 62.9 Å². The summed E-state index contributed by atoms with van der Waals surface area (Å²) >= 11 is 0. The number of rotatable bonds is 8. The van der Waals surface area contributed by atoms with Crippen molar-refractivity contribution in [3.63, 3.8) is 0 Å². The number of amides is 1. The molecule has 0 unspecified atom stereocenters. The molecular formula is C21H34N4O3S. The van der Waals surface area contributed by atoms with E-state index in [4.69, 9.17) is 0 Å². The Hall–Kier alpha value is -1.64. The standard InChI is InChI=1S/C21H34N4O3S/c1-3-23-13-15-24(16-14-23)11-5-4-10-22-21(26)19-8-9-20-18(17-19)7-6-12-25(20)29(2,27)28/h8-9,17H,3-7,10-16H2,1-2H3,(H,22,26). The van der Waals surface area contributed by atoms with Crippen LogP contribution in [0.25, 0.3) is 0 Å². The number of sulfonamides is 1. The molecule has 1 saturated heterocycles. The van der Waals surface area contributed by atoms with Gasteiger partial charge in [-0.3, -0.25) is 9.10 Å². The number of nitrogens with one attached hydrogen (secondary N) is 1. The molecule has 2 heterocycles. The third-order valence-electron chi connectivity index (χ3n) is 5.92. The van der Waals surface area contributed by atoms with Gasteiger partial charge in [-0.1, -0.05) is 6.92 Å². The highest BCUT2D eigenvalue weighted by atomic mass is 32.2. The maximum Gasteiger partial charge on any atom is 0.251 e. The average molecular weight is 423 g/mol. The van der Waals surface area contributed by atoms with E-state index in [1.807, 2.05) is 6.07 Å². The number of anilines is 1. The van der Waals surface area contributed by atoms with Crippen LogP contribution in [0.1, 0.15) is 42.1 Å². The fourth-order valence-electron chi connectivity index (χ4n) is 4.14. The molecule has 0 aliphatic carbocycles. The monoisotopic (exact) mass is 422 g/mol. The smallest absolute Gasteiger partial charge is 0.251 e. The summed E-state index contributed by atoms with van der Waals surface area (Å²) in [7, 11) is -3.28. The van der Waals surface area contributed by atoms with Crippen molar-refractivity contribution < 1.29 is 13.2 Å². The lowest BCUT2D eigenvalue weighted by molar-refractivity contribution is 0.0951. The van der Waals surface area contributed by atoms with Crippen LogP contribution in [0.3, 0.4) is 0 Å². The van der Waals surface area contributed by atoms with Gasteiger partial charge in [0, 0.05) is 44.8 Å². The van der Waals surface area contributed by atoms with Gasteiger partial charge in [-0.25, -0.2) is 8.42 Å². The van der Waals surface area contributed by atoms with E-state index in [0.717, 1.165) is 70.5 Å². The summed E-state index contributed by atoms with van der Waals surface area (Å²) < 4.78 is 25.4.